The number of carbonyl (C=O) groups excluding carboxylic acids is 2. The van der Waals surface area contributed by atoms with Gasteiger partial charge in [0, 0.05) is 30.3 Å². The summed E-state index contributed by atoms with van der Waals surface area (Å²) in [6.07, 6.45) is 0. The molecule has 2 aromatic rings. The number of rotatable bonds is 4. The van der Waals surface area contributed by atoms with E-state index in [1.807, 2.05) is 0 Å². The Balaban J connectivity index is 2.17. The van der Waals surface area contributed by atoms with Gasteiger partial charge in [-0.2, -0.15) is 0 Å². The van der Waals surface area contributed by atoms with Crippen molar-refractivity contribution in [3.05, 3.63) is 58.1 Å². The van der Waals surface area contributed by atoms with E-state index in [1.54, 1.807) is 12.1 Å². The first-order chi connectivity index (χ1) is 10.9. The summed E-state index contributed by atoms with van der Waals surface area (Å²) in [6, 6.07) is 9.39. The number of phenolic OH excluding ortho intramolecular Hbond substituents is 1. The van der Waals surface area contributed by atoms with Crippen molar-refractivity contribution >= 4 is 28.9 Å². The number of nitrogens with one attached hydrogen (secondary N) is 2. The first-order valence-electron chi connectivity index (χ1n) is 6.53. The Morgan fingerprint density at radius 3 is 2.30 bits per heavy atom. The van der Waals surface area contributed by atoms with Crippen LogP contribution in [0.3, 0.4) is 0 Å². The van der Waals surface area contributed by atoms with Gasteiger partial charge in [-0.05, 0) is 30.3 Å². The standard InChI is InChI=1S/C15H13N3O5/c1-9(19)16-11-4-2-10(3-5-11)15(21)17-13-8-12(18(22)23)6-7-14(13)20/h2-8,20H,1H3,(H,16,19)(H,17,21). The number of nitro groups is 1. The minimum Gasteiger partial charge on any atom is -0.506 e. The molecule has 0 aliphatic heterocycles. The maximum Gasteiger partial charge on any atom is 0.271 e. The Labute approximate surface area is 130 Å². The zero-order chi connectivity index (χ0) is 17.0. The highest BCUT2D eigenvalue weighted by atomic mass is 16.6. The summed E-state index contributed by atoms with van der Waals surface area (Å²) in [5, 5.41) is 25.4. The van der Waals surface area contributed by atoms with E-state index >= 15 is 0 Å². The minimum absolute atomic E-state index is 0.0601. The third kappa shape index (κ3) is 4.03. The van der Waals surface area contributed by atoms with Crippen LogP contribution in [-0.2, 0) is 4.79 Å². The molecule has 0 heterocycles. The molecule has 0 saturated heterocycles. The summed E-state index contributed by atoms with van der Waals surface area (Å²) in [7, 11) is 0. The van der Waals surface area contributed by atoms with E-state index in [0.29, 0.717) is 5.69 Å². The van der Waals surface area contributed by atoms with Gasteiger partial charge in [0.25, 0.3) is 11.6 Å². The molecule has 0 saturated carbocycles. The van der Waals surface area contributed by atoms with Crippen LogP contribution in [0.5, 0.6) is 5.75 Å². The molecule has 0 atom stereocenters. The molecule has 8 nitrogen and oxygen atoms in total. The van der Waals surface area contributed by atoms with Crippen molar-refractivity contribution in [1.82, 2.24) is 0 Å². The number of anilines is 2. The Morgan fingerprint density at radius 1 is 1.09 bits per heavy atom. The van der Waals surface area contributed by atoms with Crippen molar-refractivity contribution in [3.8, 4) is 5.75 Å². The topological polar surface area (TPSA) is 122 Å². The fourth-order valence-electron chi connectivity index (χ4n) is 1.84. The van der Waals surface area contributed by atoms with Crippen LogP contribution in [0.15, 0.2) is 42.5 Å². The molecule has 2 amide bonds. The molecule has 0 aliphatic carbocycles. The van der Waals surface area contributed by atoms with E-state index in [1.165, 1.54) is 19.1 Å². The van der Waals surface area contributed by atoms with Crippen molar-refractivity contribution in [2.75, 3.05) is 10.6 Å². The molecule has 0 aromatic heterocycles. The van der Waals surface area contributed by atoms with E-state index in [0.717, 1.165) is 18.2 Å². The lowest BCUT2D eigenvalue weighted by Gasteiger charge is -2.08. The highest BCUT2D eigenvalue weighted by Gasteiger charge is 2.13. The number of hydrogen-bond donors (Lipinski definition) is 3. The number of nitrogens with zero attached hydrogens (tertiary/aromatic N) is 1. The molecule has 3 N–H and O–H groups in total. The van der Waals surface area contributed by atoms with Crippen LogP contribution in [0.25, 0.3) is 0 Å². The maximum absolute atomic E-state index is 12.1. The number of nitro benzene ring substituents is 1. The summed E-state index contributed by atoms with van der Waals surface area (Å²) in [5.41, 5.74) is 0.492. The van der Waals surface area contributed by atoms with Crippen molar-refractivity contribution in [2.45, 2.75) is 6.92 Å². The first kappa shape index (κ1) is 16.0. The lowest BCUT2D eigenvalue weighted by molar-refractivity contribution is -0.384. The van der Waals surface area contributed by atoms with Crippen molar-refractivity contribution in [3.63, 3.8) is 0 Å². The van der Waals surface area contributed by atoms with Crippen LogP contribution in [0, 0.1) is 10.1 Å². The van der Waals surface area contributed by atoms with Gasteiger partial charge < -0.3 is 15.7 Å². The van der Waals surface area contributed by atoms with Gasteiger partial charge >= 0.3 is 0 Å². The molecule has 118 valence electrons. The van der Waals surface area contributed by atoms with Crippen LogP contribution in [0.1, 0.15) is 17.3 Å². The van der Waals surface area contributed by atoms with Gasteiger partial charge in [0.05, 0.1) is 10.6 Å². The second-order valence-electron chi connectivity index (χ2n) is 4.67. The SMILES string of the molecule is CC(=O)Nc1ccc(C(=O)Nc2cc([N+](=O)[O-])ccc2O)cc1. The molecule has 23 heavy (non-hydrogen) atoms. The largest absolute Gasteiger partial charge is 0.506 e. The summed E-state index contributed by atoms with van der Waals surface area (Å²) in [4.78, 5) is 33.1. The monoisotopic (exact) mass is 315 g/mol. The number of carbonyl (C=O) groups is 2. The zero-order valence-corrected chi connectivity index (χ0v) is 12.1. The molecular weight excluding hydrogens is 302 g/mol. The summed E-state index contributed by atoms with van der Waals surface area (Å²) >= 11 is 0. The van der Waals surface area contributed by atoms with Crippen LogP contribution in [0.2, 0.25) is 0 Å². The van der Waals surface area contributed by atoms with E-state index in [9.17, 15) is 24.8 Å². The lowest BCUT2D eigenvalue weighted by atomic mass is 10.2. The zero-order valence-electron chi connectivity index (χ0n) is 12.1. The Morgan fingerprint density at radius 2 is 1.74 bits per heavy atom. The van der Waals surface area contributed by atoms with Gasteiger partial charge in [-0.1, -0.05) is 0 Å². The number of aromatic hydroxyl groups is 1. The Kier molecular flexibility index (Phi) is 4.55. The molecule has 0 unspecified atom stereocenters. The van der Waals surface area contributed by atoms with Crippen LogP contribution in [-0.4, -0.2) is 21.8 Å². The summed E-state index contributed by atoms with van der Waals surface area (Å²) in [5.74, 6) is -1.06. The third-order valence-electron chi connectivity index (χ3n) is 2.91. The summed E-state index contributed by atoms with van der Waals surface area (Å²) in [6.45, 7) is 1.37. The Bertz CT molecular complexity index is 771. The summed E-state index contributed by atoms with van der Waals surface area (Å²) < 4.78 is 0. The highest BCUT2D eigenvalue weighted by molar-refractivity contribution is 6.05. The fraction of sp³-hybridized carbons (Fsp3) is 0.0667. The van der Waals surface area contributed by atoms with Gasteiger partial charge in [0.2, 0.25) is 5.91 Å². The predicted octanol–water partition coefficient (Wildman–Crippen LogP) is 2.51. The van der Waals surface area contributed by atoms with Gasteiger partial charge in [-0.15, -0.1) is 0 Å². The molecule has 0 aliphatic rings. The van der Waals surface area contributed by atoms with Gasteiger partial charge in [0.1, 0.15) is 5.75 Å². The molecule has 2 aromatic carbocycles. The third-order valence-corrected chi connectivity index (χ3v) is 2.91. The number of benzene rings is 2. The van der Waals surface area contributed by atoms with Crippen molar-refractivity contribution in [1.29, 1.82) is 0 Å². The second kappa shape index (κ2) is 6.56. The lowest BCUT2D eigenvalue weighted by Crippen LogP contribution is -2.12. The smallest absolute Gasteiger partial charge is 0.271 e. The van der Waals surface area contributed by atoms with E-state index < -0.39 is 10.8 Å². The average Bonchev–Trinajstić information content (AvgIpc) is 2.49. The number of amides is 2. The predicted molar refractivity (Wildman–Crippen MR) is 83.5 cm³/mol. The fourth-order valence-corrected chi connectivity index (χ4v) is 1.84. The average molecular weight is 315 g/mol. The minimum atomic E-state index is -0.628. The van der Waals surface area contributed by atoms with Gasteiger partial charge in [-0.3, -0.25) is 19.7 Å². The Hall–Kier alpha value is -3.42. The quantitative estimate of drug-likeness (QED) is 0.454. The first-order valence-corrected chi connectivity index (χ1v) is 6.53. The van der Waals surface area contributed by atoms with Crippen molar-refractivity contribution in [2.24, 2.45) is 0 Å². The molecular formula is C15H13N3O5. The molecule has 0 radical (unpaired) electrons. The van der Waals surface area contributed by atoms with Crippen LogP contribution < -0.4 is 10.6 Å². The number of phenols is 1. The van der Waals surface area contributed by atoms with E-state index in [4.69, 9.17) is 0 Å². The normalized spacial score (nSPS) is 9.96. The second-order valence-corrected chi connectivity index (χ2v) is 4.67. The molecule has 8 heteroatoms. The van der Waals surface area contributed by atoms with Gasteiger partial charge in [-0.25, -0.2) is 0 Å². The molecule has 0 fully saturated rings. The number of hydrogen-bond acceptors (Lipinski definition) is 5. The van der Waals surface area contributed by atoms with Gasteiger partial charge in [0.15, 0.2) is 0 Å². The van der Waals surface area contributed by atoms with Crippen LogP contribution in [0.4, 0.5) is 17.1 Å². The van der Waals surface area contributed by atoms with E-state index in [-0.39, 0.29) is 28.6 Å². The maximum atomic E-state index is 12.1. The molecule has 2 rings (SSSR count). The van der Waals surface area contributed by atoms with Crippen LogP contribution >= 0.6 is 0 Å². The number of non-ortho nitro benzene ring substituents is 1. The molecule has 0 spiro atoms. The van der Waals surface area contributed by atoms with E-state index in [2.05, 4.69) is 10.6 Å². The van der Waals surface area contributed by atoms with Crippen molar-refractivity contribution < 1.29 is 19.6 Å². The molecule has 0 bridgehead atoms. The highest BCUT2D eigenvalue weighted by Crippen LogP contribution is 2.28.